The fourth-order valence-corrected chi connectivity index (χ4v) is 12.9. The molecular formula is C55H65N9O8S2. The Hall–Kier alpha value is -6.47. The van der Waals surface area contributed by atoms with E-state index >= 15 is 9.59 Å². The van der Waals surface area contributed by atoms with E-state index in [1.165, 1.54) is 11.3 Å². The van der Waals surface area contributed by atoms with Crippen molar-refractivity contribution < 1.29 is 37.1 Å². The van der Waals surface area contributed by atoms with Crippen molar-refractivity contribution in [2.45, 2.75) is 121 Å². The van der Waals surface area contributed by atoms with Crippen LogP contribution in [0.25, 0.3) is 21.6 Å². The van der Waals surface area contributed by atoms with Gasteiger partial charge in [-0.2, -0.15) is 0 Å². The molecule has 5 aromatic rings. The maximum absolute atomic E-state index is 15.4. The summed E-state index contributed by atoms with van der Waals surface area (Å²) in [6, 6.07) is 12.8. The lowest BCUT2D eigenvalue weighted by Crippen LogP contribution is -2.49. The molecule has 2 aliphatic carbocycles. The summed E-state index contributed by atoms with van der Waals surface area (Å²) in [5, 5.41) is 6.98. The fourth-order valence-electron chi connectivity index (χ4n) is 10.6. The SMILES string of the molecule is COc1ccc2c(O[C@@H]3C[C@H]4C(=O)C[C@]5(C(=O)NS(=O)(=O)C6(C)CC6)C[C@H]5/C=C\CCCCC[C@H](Nc5cccc(C(=O)N6CCN(c7ncccn7)CC6)c5)C(=O)N4C3)cc(-c3nc(C(C)C)cs3)nc2c1C. The number of allylic oxidation sites excluding steroid dienone is 2. The minimum Gasteiger partial charge on any atom is -0.496 e. The Bertz CT molecular complexity index is 3100. The second-order valence-electron chi connectivity index (χ2n) is 21.2. The number of pyridine rings is 1. The number of thiazole rings is 1. The molecular weight excluding hydrogens is 979 g/mol. The van der Waals surface area contributed by atoms with E-state index in [4.69, 9.17) is 19.4 Å². The Kier molecular flexibility index (Phi) is 14.3. The smallest absolute Gasteiger partial charge is 0.254 e. The number of Topliss-reactive ketones (excluding diaryl/α,β-unsaturated/α-hetero) is 1. The Labute approximate surface area is 436 Å². The van der Waals surface area contributed by atoms with E-state index in [1.807, 2.05) is 53.6 Å². The number of hydrogen-bond acceptors (Lipinski definition) is 15. The minimum atomic E-state index is -3.99. The Morgan fingerprint density at radius 3 is 2.46 bits per heavy atom. The van der Waals surface area contributed by atoms with Crippen molar-refractivity contribution in [1.29, 1.82) is 0 Å². The van der Waals surface area contributed by atoms with Crippen molar-refractivity contribution in [2.24, 2.45) is 11.3 Å². The number of nitrogens with one attached hydrogen (secondary N) is 2. The standard InChI is InChI=1S/C55H65N9O8S2/c1-34(2)43-33-73-49(60-43)42-29-47(40-17-18-46(71-5)35(3)48(40)59-42)72-39-28-44-45(65)31-55(52(68)61-74(69,70)54(4)19-20-54)30-37(55)14-9-7-6-8-10-16-41(51(67)64(44)32-39)58-38-15-11-13-36(27-38)50(66)62-23-25-63(26-24-62)53-56-21-12-22-57-53/h9,11-15,17-18,21-22,27,29,33-34,37,39,41,44,58H,6-8,10,16,19-20,23-26,28,30-32H2,1-5H3,(H,61,68)/b14-9-/t37-,39-,41+,44+,55-/m1/s1. The van der Waals surface area contributed by atoms with Crippen molar-refractivity contribution in [1.82, 2.24) is 34.5 Å². The van der Waals surface area contributed by atoms with Crippen LogP contribution in [-0.4, -0.2) is 124 Å². The average molecular weight is 1040 g/mol. The molecule has 6 heterocycles. The summed E-state index contributed by atoms with van der Waals surface area (Å²) in [6.45, 7) is 9.97. The number of nitrogens with zero attached hydrogens (tertiary/aromatic N) is 7. The van der Waals surface area contributed by atoms with Crippen LogP contribution < -0.4 is 24.4 Å². The van der Waals surface area contributed by atoms with Crippen LogP contribution in [0.15, 0.2) is 78.5 Å². The van der Waals surface area contributed by atoms with Gasteiger partial charge in [0, 0.05) is 85.1 Å². The summed E-state index contributed by atoms with van der Waals surface area (Å²) in [4.78, 5) is 83.1. The van der Waals surface area contributed by atoms with Crippen LogP contribution in [0.1, 0.15) is 113 Å². The van der Waals surface area contributed by atoms with Gasteiger partial charge in [0.25, 0.3) is 5.91 Å². The van der Waals surface area contributed by atoms with Crippen LogP contribution in [-0.2, 0) is 24.4 Å². The highest BCUT2D eigenvalue weighted by Crippen LogP contribution is 2.58. The second kappa shape index (κ2) is 20.7. The van der Waals surface area contributed by atoms with Crippen LogP contribution in [0.4, 0.5) is 11.6 Å². The van der Waals surface area contributed by atoms with Gasteiger partial charge in [-0.1, -0.05) is 44.9 Å². The number of carbonyl (C=O) groups is 4. The zero-order chi connectivity index (χ0) is 51.9. The number of methoxy groups -OCH3 is 1. The highest BCUT2D eigenvalue weighted by molar-refractivity contribution is 7.91. The molecule has 390 valence electrons. The first-order valence-corrected chi connectivity index (χ1v) is 28.3. The normalized spacial score (nSPS) is 24.6. The lowest BCUT2D eigenvalue weighted by molar-refractivity contribution is -0.139. The largest absolute Gasteiger partial charge is 0.496 e. The van der Waals surface area contributed by atoms with Crippen molar-refractivity contribution in [3.8, 4) is 22.2 Å². The van der Waals surface area contributed by atoms with Crippen LogP contribution in [0.5, 0.6) is 11.5 Å². The first-order valence-electron chi connectivity index (χ1n) is 25.9. The number of aromatic nitrogens is 4. The quantitative estimate of drug-likeness (QED) is 0.114. The summed E-state index contributed by atoms with van der Waals surface area (Å²) in [7, 11) is -2.38. The molecule has 0 unspecified atom stereocenters. The highest BCUT2D eigenvalue weighted by Gasteiger charge is 2.62. The number of aryl methyl sites for hydroxylation is 1. The topological polar surface area (TPSA) is 206 Å². The van der Waals surface area contributed by atoms with Crippen LogP contribution >= 0.6 is 11.3 Å². The molecule has 2 aromatic carbocycles. The number of hydrogen-bond donors (Lipinski definition) is 2. The summed E-state index contributed by atoms with van der Waals surface area (Å²) in [5.74, 6) is 0.228. The Morgan fingerprint density at radius 2 is 1.73 bits per heavy atom. The number of ketones is 1. The Balaban J connectivity index is 0.960. The summed E-state index contributed by atoms with van der Waals surface area (Å²) in [6.07, 6.45) is 11.4. The first-order chi connectivity index (χ1) is 35.6. The summed E-state index contributed by atoms with van der Waals surface area (Å²) >= 11 is 1.50. The van der Waals surface area contributed by atoms with Crippen molar-refractivity contribution in [3.05, 3.63) is 95.3 Å². The monoisotopic (exact) mass is 1040 g/mol. The number of benzene rings is 2. The average Bonchev–Trinajstić information content (AvgIpc) is 4.18. The number of rotatable bonds is 12. The molecule has 2 saturated carbocycles. The van der Waals surface area contributed by atoms with Crippen LogP contribution in [0.3, 0.4) is 0 Å². The van der Waals surface area contributed by atoms with E-state index in [0.717, 1.165) is 40.9 Å². The summed E-state index contributed by atoms with van der Waals surface area (Å²) < 4.78 is 41.0. The Morgan fingerprint density at radius 1 is 0.946 bits per heavy atom. The molecule has 5 aliphatic rings. The maximum atomic E-state index is 15.4. The van der Waals surface area contributed by atoms with E-state index in [1.54, 1.807) is 55.6 Å². The molecule has 3 aromatic heterocycles. The number of amides is 3. The van der Waals surface area contributed by atoms with Gasteiger partial charge >= 0.3 is 0 Å². The van der Waals surface area contributed by atoms with E-state index in [-0.39, 0.29) is 48.8 Å². The van der Waals surface area contributed by atoms with Gasteiger partial charge in [0.2, 0.25) is 27.8 Å². The molecule has 0 spiro atoms. The van der Waals surface area contributed by atoms with Crippen molar-refractivity contribution in [3.63, 3.8) is 0 Å². The minimum absolute atomic E-state index is 0.0598. The van der Waals surface area contributed by atoms with Crippen LogP contribution in [0, 0.1) is 18.3 Å². The lowest BCUT2D eigenvalue weighted by atomic mass is 9.91. The number of ether oxygens (including phenoxy) is 2. The van der Waals surface area contributed by atoms with Gasteiger partial charge in [-0.15, -0.1) is 11.3 Å². The maximum Gasteiger partial charge on any atom is 0.254 e. The third kappa shape index (κ3) is 10.3. The summed E-state index contributed by atoms with van der Waals surface area (Å²) in [5.41, 5.74) is 2.83. The van der Waals surface area contributed by atoms with Gasteiger partial charge in [0.15, 0.2) is 5.78 Å². The van der Waals surface area contributed by atoms with E-state index in [9.17, 15) is 18.0 Å². The van der Waals surface area contributed by atoms with E-state index < -0.39 is 44.3 Å². The zero-order valence-electron chi connectivity index (χ0n) is 42.7. The van der Waals surface area contributed by atoms with Crippen molar-refractivity contribution in [2.75, 3.05) is 50.1 Å². The zero-order valence-corrected chi connectivity index (χ0v) is 44.3. The number of sulfonamides is 1. The second-order valence-corrected chi connectivity index (χ2v) is 24.2. The molecule has 0 radical (unpaired) electrons. The molecule has 2 N–H and O–H groups in total. The number of fused-ring (bicyclic) bond motifs is 3. The number of carbonyl (C=O) groups excluding carboxylic acids is 4. The molecule has 17 nitrogen and oxygen atoms in total. The van der Waals surface area contributed by atoms with E-state index in [2.05, 4.69) is 38.8 Å². The van der Waals surface area contributed by atoms with Gasteiger partial charge in [-0.05, 0) is 101 Å². The number of anilines is 2. The van der Waals surface area contributed by atoms with Gasteiger partial charge in [0.1, 0.15) is 34.3 Å². The molecule has 3 amide bonds. The molecule has 19 heteroatoms. The van der Waals surface area contributed by atoms with E-state index in [0.29, 0.717) is 98.2 Å². The molecule has 4 fully saturated rings. The molecule has 3 aliphatic heterocycles. The van der Waals surface area contributed by atoms with Gasteiger partial charge < -0.3 is 29.5 Å². The van der Waals surface area contributed by atoms with Crippen LogP contribution in [0.2, 0.25) is 0 Å². The molecule has 74 heavy (non-hydrogen) atoms. The highest BCUT2D eigenvalue weighted by atomic mass is 32.2. The molecule has 2 saturated heterocycles. The fraction of sp³-hybridized carbons (Fsp3) is 0.491. The third-order valence-electron chi connectivity index (χ3n) is 15.7. The van der Waals surface area contributed by atoms with Crippen molar-refractivity contribution >= 4 is 67.4 Å². The predicted molar refractivity (Wildman–Crippen MR) is 284 cm³/mol. The first kappa shape index (κ1) is 51.0. The molecule has 10 rings (SSSR count). The lowest BCUT2D eigenvalue weighted by Gasteiger charge is -2.34. The van der Waals surface area contributed by atoms with Gasteiger partial charge in [-0.3, -0.25) is 23.9 Å². The molecule has 0 bridgehead atoms. The number of piperazine rings is 1. The molecule has 5 atom stereocenters. The third-order valence-corrected chi connectivity index (χ3v) is 18.7. The predicted octanol–water partition coefficient (Wildman–Crippen LogP) is 7.86. The van der Waals surface area contributed by atoms with Gasteiger partial charge in [-0.25, -0.2) is 28.4 Å². The van der Waals surface area contributed by atoms with Gasteiger partial charge in [0.05, 0.1) is 41.1 Å².